The van der Waals surface area contributed by atoms with E-state index in [0.717, 1.165) is 0 Å². The van der Waals surface area contributed by atoms with Crippen LogP contribution in [0.5, 0.6) is 0 Å². The van der Waals surface area contributed by atoms with E-state index in [1.807, 2.05) is 0 Å². The van der Waals surface area contributed by atoms with E-state index in [1.165, 1.54) is 6.07 Å². The standard InChI is InChI=1S/C8H6ClF/c1-6(9)7-4-2-3-5-8(7)10/h2-5H,1H2. The van der Waals surface area contributed by atoms with E-state index < -0.39 is 0 Å². The molecule has 0 aliphatic carbocycles. The lowest BCUT2D eigenvalue weighted by atomic mass is 10.2. The van der Waals surface area contributed by atoms with Crippen molar-refractivity contribution in [3.05, 3.63) is 42.2 Å². The predicted octanol–water partition coefficient (Wildman–Crippen LogP) is 3.04. The predicted molar refractivity (Wildman–Crippen MR) is 41.3 cm³/mol. The number of hydrogen-bond donors (Lipinski definition) is 0. The average Bonchev–Trinajstić information content (AvgIpc) is 1.88. The third-order valence-electron chi connectivity index (χ3n) is 1.17. The average molecular weight is 157 g/mol. The molecular weight excluding hydrogens is 151 g/mol. The zero-order valence-electron chi connectivity index (χ0n) is 5.27. The second kappa shape index (κ2) is 2.84. The molecule has 0 atom stereocenters. The lowest BCUT2D eigenvalue weighted by Crippen LogP contribution is -1.81. The molecule has 0 nitrogen and oxygen atoms in total. The normalized spacial score (nSPS) is 9.40. The van der Waals surface area contributed by atoms with Crippen LogP contribution in [-0.4, -0.2) is 0 Å². The lowest BCUT2D eigenvalue weighted by Gasteiger charge is -1.96. The van der Waals surface area contributed by atoms with Gasteiger partial charge in [-0.25, -0.2) is 4.39 Å². The van der Waals surface area contributed by atoms with Crippen LogP contribution < -0.4 is 0 Å². The Balaban J connectivity index is 3.15. The Morgan fingerprint density at radius 2 is 2.00 bits per heavy atom. The highest BCUT2D eigenvalue weighted by molar-refractivity contribution is 6.48. The highest BCUT2D eigenvalue weighted by atomic mass is 35.5. The van der Waals surface area contributed by atoms with Crippen LogP contribution in [0.15, 0.2) is 30.8 Å². The van der Waals surface area contributed by atoms with Crippen LogP contribution in [0.2, 0.25) is 0 Å². The first kappa shape index (κ1) is 7.29. The van der Waals surface area contributed by atoms with Gasteiger partial charge in [0.1, 0.15) is 5.82 Å². The van der Waals surface area contributed by atoms with E-state index >= 15 is 0 Å². The number of halogens is 2. The van der Waals surface area contributed by atoms with Gasteiger partial charge in [-0.2, -0.15) is 0 Å². The summed E-state index contributed by atoms with van der Waals surface area (Å²) in [6.45, 7) is 3.41. The van der Waals surface area contributed by atoms with Gasteiger partial charge in [0.2, 0.25) is 0 Å². The quantitative estimate of drug-likeness (QED) is 0.586. The van der Waals surface area contributed by atoms with Crippen molar-refractivity contribution in [1.29, 1.82) is 0 Å². The first-order valence-electron chi connectivity index (χ1n) is 2.81. The summed E-state index contributed by atoms with van der Waals surface area (Å²) in [6.07, 6.45) is 0. The summed E-state index contributed by atoms with van der Waals surface area (Å²) < 4.78 is 12.7. The summed E-state index contributed by atoms with van der Waals surface area (Å²) in [5.41, 5.74) is 0.365. The van der Waals surface area contributed by atoms with Gasteiger partial charge in [0.15, 0.2) is 0 Å². The Kier molecular flexibility index (Phi) is 2.07. The lowest BCUT2D eigenvalue weighted by molar-refractivity contribution is 0.625. The molecule has 0 radical (unpaired) electrons. The van der Waals surface area contributed by atoms with Crippen molar-refractivity contribution in [3.8, 4) is 0 Å². The number of rotatable bonds is 1. The molecule has 0 unspecified atom stereocenters. The molecule has 0 bridgehead atoms. The second-order valence-electron chi connectivity index (χ2n) is 1.88. The first-order valence-corrected chi connectivity index (χ1v) is 3.19. The molecule has 1 rings (SSSR count). The summed E-state index contributed by atoms with van der Waals surface area (Å²) in [6, 6.07) is 6.26. The van der Waals surface area contributed by atoms with E-state index in [-0.39, 0.29) is 10.8 Å². The Morgan fingerprint density at radius 1 is 1.40 bits per heavy atom. The van der Waals surface area contributed by atoms with Crippen LogP contribution in [0.4, 0.5) is 4.39 Å². The molecule has 1 aromatic carbocycles. The summed E-state index contributed by atoms with van der Waals surface area (Å²) in [5, 5.41) is 0.234. The van der Waals surface area contributed by atoms with Crippen LogP contribution in [0.3, 0.4) is 0 Å². The van der Waals surface area contributed by atoms with E-state index in [4.69, 9.17) is 11.6 Å². The Morgan fingerprint density at radius 3 is 2.40 bits per heavy atom. The maximum Gasteiger partial charge on any atom is 0.131 e. The van der Waals surface area contributed by atoms with Crippen molar-refractivity contribution in [2.75, 3.05) is 0 Å². The van der Waals surface area contributed by atoms with Crippen LogP contribution in [-0.2, 0) is 0 Å². The zero-order chi connectivity index (χ0) is 7.56. The summed E-state index contributed by atoms with van der Waals surface area (Å²) in [4.78, 5) is 0. The highest BCUT2D eigenvalue weighted by Gasteiger charge is 2.00. The Hall–Kier alpha value is -0.820. The van der Waals surface area contributed by atoms with Gasteiger partial charge < -0.3 is 0 Å². The molecule has 0 saturated carbocycles. The minimum Gasteiger partial charge on any atom is -0.206 e. The van der Waals surface area contributed by atoms with Gasteiger partial charge in [-0.3, -0.25) is 0 Å². The minimum absolute atomic E-state index is 0.234. The van der Waals surface area contributed by atoms with Gasteiger partial charge in [-0.15, -0.1) is 0 Å². The van der Waals surface area contributed by atoms with E-state index in [0.29, 0.717) is 5.56 Å². The molecule has 0 spiro atoms. The fourth-order valence-corrected chi connectivity index (χ4v) is 0.834. The third kappa shape index (κ3) is 1.36. The summed E-state index contributed by atoms with van der Waals surface area (Å²) >= 11 is 5.47. The van der Waals surface area contributed by atoms with Crippen LogP contribution in [0, 0.1) is 5.82 Å². The molecule has 0 N–H and O–H groups in total. The fourth-order valence-electron chi connectivity index (χ4n) is 0.681. The van der Waals surface area contributed by atoms with Crippen LogP contribution in [0.25, 0.3) is 5.03 Å². The van der Waals surface area contributed by atoms with Gasteiger partial charge in [0, 0.05) is 10.6 Å². The van der Waals surface area contributed by atoms with Crippen LogP contribution in [0.1, 0.15) is 5.56 Å². The monoisotopic (exact) mass is 156 g/mol. The topological polar surface area (TPSA) is 0 Å². The van der Waals surface area contributed by atoms with E-state index in [9.17, 15) is 4.39 Å². The van der Waals surface area contributed by atoms with Gasteiger partial charge in [0.05, 0.1) is 0 Å². The zero-order valence-corrected chi connectivity index (χ0v) is 6.03. The van der Waals surface area contributed by atoms with Crippen molar-refractivity contribution in [1.82, 2.24) is 0 Å². The maximum absolute atomic E-state index is 12.7. The molecule has 10 heavy (non-hydrogen) atoms. The SMILES string of the molecule is C=C(Cl)c1ccccc1F. The van der Waals surface area contributed by atoms with E-state index in [2.05, 4.69) is 6.58 Å². The second-order valence-corrected chi connectivity index (χ2v) is 2.34. The summed E-state index contributed by atoms with van der Waals surface area (Å²) in [7, 11) is 0. The van der Waals surface area contributed by atoms with Gasteiger partial charge in [-0.1, -0.05) is 36.4 Å². The molecule has 0 saturated heterocycles. The largest absolute Gasteiger partial charge is 0.206 e. The van der Waals surface area contributed by atoms with Crippen molar-refractivity contribution in [2.45, 2.75) is 0 Å². The summed E-state index contributed by atoms with van der Waals surface area (Å²) in [5.74, 6) is -0.331. The Labute approximate surface area is 63.9 Å². The maximum atomic E-state index is 12.7. The molecule has 0 aromatic heterocycles. The molecule has 1 aromatic rings. The minimum atomic E-state index is -0.331. The van der Waals surface area contributed by atoms with E-state index in [1.54, 1.807) is 18.2 Å². The molecular formula is C8H6ClF. The third-order valence-corrected chi connectivity index (χ3v) is 1.37. The number of benzene rings is 1. The van der Waals surface area contributed by atoms with Gasteiger partial charge in [0.25, 0.3) is 0 Å². The molecule has 0 aliphatic heterocycles. The Bertz CT molecular complexity index is 255. The molecule has 2 heteroatoms. The smallest absolute Gasteiger partial charge is 0.131 e. The first-order chi connectivity index (χ1) is 4.72. The van der Waals surface area contributed by atoms with Crippen LogP contribution >= 0.6 is 11.6 Å². The molecule has 0 aliphatic rings. The van der Waals surface area contributed by atoms with Gasteiger partial charge >= 0.3 is 0 Å². The molecule has 52 valence electrons. The van der Waals surface area contributed by atoms with Crippen molar-refractivity contribution < 1.29 is 4.39 Å². The highest BCUT2D eigenvalue weighted by Crippen LogP contribution is 2.18. The van der Waals surface area contributed by atoms with Crippen molar-refractivity contribution in [3.63, 3.8) is 0 Å². The van der Waals surface area contributed by atoms with Crippen molar-refractivity contribution in [2.24, 2.45) is 0 Å². The molecule has 0 heterocycles. The number of hydrogen-bond acceptors (Lipinski definition) is 0. The fraction of sp³-hybridized carbons (Fsp3) is 0. The molecule has 0 fully saturated rings. The molecule has 0 amide bonds. The van der Waals surface area contributed by atoms with Crippen molar-refractivity contribution >= 4 is 16.6 Å². The van der Waals surface area contributed by atoms with Gasteiger partial charge in [-0.05, 0) is 6.07 Å².